The summed E-state index contributed by atoms with van der Waals surface area (Å²) in [4.78, 5) is 79.8. The Labute approximate surface area is 478 Å². The average molecular weight is 1130 g/mol. The van der Waals surface area contributed by atoms with Gasteiger partial charge in [0.15, 0.2) is 0 Å². The number of pyridine rings is 1. The molecule has 0 spiro atoms. The highest BCUT2D eigenvalue weighted by Crippen LogP contribution is 2.43. The van der Waals surface area contributed by atoms with E-state index in [0.717, 1.165) is 44.5 Å². The topological polar surface area (TPSA) is 179 Å². The highest BCUT2D eigenvalue weighted by atomic mass is 32.1. The summed E-state index contributed by atoms with van der Waals surface area (Å²) in [5.41, 5.74) is 10.6. The highest BCUT2D eigenvalue weighted by molar-refractivity contribution is 7.60. The summed E-state index contributed by atoms with van der Waals surface area (Å²) in [5, 5.41) is 16.8. The number of phenols is 1. The Bertz CT molecular complexity index is 2670. The molecule has 0 aliphatic carbocycles. The molecule has 21 heteroatoms. The van der Waals surface area contributed by atoms with Crippen molar-refractivity contribution in [3.05, 3.63) is 83.7 Å². The lowest BCUT2D eigenvalue weighted by molar-refractivity contribution is -0.155. The first kappa shape index (κ1) is 66.8. The number of carbonyl (C=O) groups is 5. The maximum absolute atomic E-state index is 14.8. The number of aromatic nitrogens is 2. The molecular formula is C54H82N8O8S5. The Morgan fingerprint density at radius 2 is 1.71 bits per heavy atom. The molecule has 2 aromatic heterocycles. The van der Waals surface area contributed by atoms with Crippen molar-refractivity contribution >= 4 is 108 Å². The van der Waals surface area contributed by atoms with Crippen LogP contribution in [0.15, 0.2) is 61.3 Å². The number of ether oxygens (including phenoxy) is 2. The molecule has 5 atom stereocenters. The Morgan fingerprint density at radius 1 is 1.00 bits per heavy atom. The normalized spacial score (nSPS) is 19.2. The zero-order chi connectivity index (χ0) is 50.8. The number of hydrazine groups is 1. The molecule has 7 rings (SSSR count). The number of likely N-dealkylation sites (tertiary alicyclic amines) is 1. The van der Waals surface area contributed by atoms with E-state index in [1.807, 2.05) is 53.2 Å². The van der Waals surface area contributed by atoms with Gasteiger partial charge in [0.25, 0.3) is 5.91 Å². The van der Waals surface area contributed by atoms with Gasteiger partial charge < -0.3 is 39.2 Å². The number of cyclic esters (lactones) is 1. The van der Waals surface area contributed by atoms with Crippen molar-refractivity contribution in [3.8, 4) is 28.1 Å². The molecule has 2 fully saturated rings. The lowest BCUT2D eigenvalue weighted by Gasteiger charge is -2.37. The first-order chi connectivity index (χ1) is 33.2. The molecular weight excluding hydrogens is 1050 g/mol. The van der Waals surface area contributed by atoms with E-state index in [1.54, 1.807) is 31.2 Å². The number of fused-ring (bicyclic) bond motifs is 6. The molecule has 416 valence electrons. The maximum atomic E-state index is 14.8. The van der Waals surface area contributed by atoms with E-state index in [1.165, 1.54) is 16.0 Å². The van der Waals surface area contributed by atoms with Gasteiger partial charge in [0.1, 0.15) is 23.9 Å². The fourth-order valence-corrected chi connectivity index (χ4v) is 10.5. The second kappa shape index (κ2) is 28.3. The van der Waals surface area contributed by atoms with Crippen LogP contribution in [0, 0.1) is 17.3 Å². The third-order valence-electron chi connectivity index (χ3n) is 14.0. The minimum atomic E-state index is -1.17. The summed E-state index contributed by atoms with van der Waals surface area (Å²) in [6, 6.07) is 10.7. The molecule has 5 heterocycles. The third kappa shape index (κ3) is 15.0. The van der Waals surface area contributed by atoms with Gasteiger partial charge in [-0.15, -0.1) is 0 Å². The molecule has 0 unspecified atom stereocenters. The maximum Gasteiger partial charge on any atom is 0.324 e. The SMILES string of the molecule is C=CC(=O)N1CC[C@H](C(=O)N(C)[C@H](C(=O)N[C@H]2Cc3cc(O)cc(c3)-c3ccc4c(c3)c(c(-c3cc(CN(C)C)cnc3[C@H](C)OC)n4CC)CC(C)(C)COC(=O)[C@@H]3CCCN(N3)C2=O)C(C)C)C1.S.S.S.S.S. The molecule has 3 aliphatic rings. The number of hydrogen-bond acceptors (Lipinski definition) is 11. The number of likely N-dealkylation sites (N-methyl/N-ethyl adjacent to an activating group) is 1. The van der Waals surface area contributed by atoms with Gasteiger partial charge in [0.05, 0.1) is 30.0 Å². The molecule has 2 aromatic carbocycles. The van der Waals surface area contributed by atoms with Crippen LogP contribution in [-0.4, -0.2) is 137 Å². The Hall–Kier alpha value is -4.35. The molecule has 0 radical (unpaired) electrons. The Balaban J connectivity index is 0.00000385. The van der Waals surface area contributed by atoms with Crippen LogP contribution in [0.3, 0.4) is 0 Å². The summed E-state index contributed by atoms with van der Waals surface area (Å²) < 4.78 is 14.4. The van der Waals surface area contributed by atoms with Gasteiger partial charge in [0, 0.05) is 81.4 Å². The fourth-order valence-electron chi connectivity index (χ4n) is 10.5. The number of benzene rings is 2. The minimum Gasteiger partial charge on any atom is -0.508 e. The first-order valence-corrected chi connectivity index (χ1v) is 24.6. The number of amides is 4. The van der Waals surface area contributed by atoms with E-state index in [0.29, 0.717) is 56.4 Å². The molecule has 3 N–H and O–H groups in total. The second-order valence-electron chi connectivity index (χ2n) is 20.7. The van der Waals surface area contributed by atoms with E-state index in [-0.39, 0.29) is 123 Å². The zero-order valence-corrected chi connectivity index (χ0v) is 50.1. The van der Waals surface area contributed by atoms with Crippen LogP contribution in [-0.2, 0) is 59.4 Å². The predicted octanol–water partition coefficient (Wildman–Crippen LogP) is 6.59. The van der Waals surface area contributed by atoms with Gasteiger partial charge in [-0.2, -0.15) is 67.5 Å². The van der Waals surface area contributed by atoms with Crippen molar-refractivity contribution < 1.29 is 38.6 Å². The molecule has 3 aliphatic heterocycles. The quantitative estimate of drug-likeness (QED) is 0.103. The number of hydrogen-bond donors (Lipinski definition) is 3. The fraction of sp³-hybridized carbons (Fsp3) is 0.519. The number of carbonyl (C=O) groups excluding carboxylic acids is 5. The lowest BCUT2D eigenvalue weighted by Crippen LogP contribution is -2.62. The monoisotopic (exact) mass is 1130 g/mol. The van der Waals surface area contributed by atoms with E-state index in [9.17, 15) is 29.1 Å². The van der Waals surface area contributed by atoms with Gasteiger partial charge in [-0.25, -0.2) is 5.43 Å². The minimum absolute atomic E-state index is 0. The van der Waals surface area contributed by atoms with Crippen molar-refractivity contribution in [3.63, 3.8) is 0 Å². The van der Waals surface area contributed by atoms with Crippen LogP contribution in [0.2, 0.25) is 0 Å². The lowest BCUT2D eigenvalue weighted by atomic mass is 9.84. The Morgan fingerprint density at radius 3 is 2.35 bits per heavy atom. The molecule has 4 amide bonds. The van der Waals surface area contributed by atoms with Crippen molar-refractivity contribution in [2.75, 3.05) is 54.5 Å². The Kier molecular flexibility index (Phi) is 25.2. The van der Waals surface area contributed by atoms with Gasteiger partial charge >= 0.3 is 5.97 Å². The standard InChI is InChI=1S/C54H72N8O8.5H2S/c1-12-46(64)60-20-18-37(30-60)51(66)59(10)48(32(3)4)50(65)56-44-24-34-21-38(25-39(63)22-34)36-16-17-45-40(26-36)42(27-54(6,7)31-70-53(68)43-15-14-19-62(57-43)52(44)67)49(61(45)13-2)41-23-35(29-58(8)9)28-55-47(41)33(5)69-11;;;;;/h12,16-17,21-23,25-26,28,32-33,37,43-44,48,57,63H,1,13-15,18-20,24,27,29-31H2,2-11H3,(H,56,65);5*1H2/t33-,37-,43-,44-,48-;;;;;/m0...../s1. The number of nitrogens with one attached hydrogen (secondary N) is 2. The number of nitrogens with zero attached hydrogens (tertiary/aromatic N) is 6. The van der Waals surface area contributed by atoms with Crippen molar-refractivity contribution in [1.29, 1.82) is 0 Å². The molecule has 6 bridgehead atoms. The second-order valence-corrected chi connectivity index (χ2v) is 20.7. The van der Waals surface area contributed by atoms with Gasteiger partial charge in [-0.3, -0.25) is 34.0 Å². The number of phenolic OH excluding ortho intramolecular Hbond substituents is 1. The van der Waals surface area contributed by atoms with E-state index in [4.69, 9.17) is 14.5 Å². The highest BCUT2D eigenvalue weighted by Gasteiger charge is 2.40. The number of rotatable bonds is 12. The molecule has 4 aromatic rings. The summed E-state index contributed by atoms with van der Waals surface area (Å²) in [7, 11) is 7.33. The van der Waals surface area contributed by atoms with Crippen LogP contribution >= 0.6 is 67.5 Å². The summed E-state index contributed by atoms with van der Waals surface area (Å²) in [6.45, 7) is 17.9. The summed E-state index contributed by atoms with van der Waals surface area (Å²) in [6.07, 6.45) is 4.73. The molecule has 0 saturated carbocycles. The average Bonchev–Trinajstić information content (AvgIpc) is 3.94. The van der Waals surface area contributed by atoms with Crippen LogP contribution in [0.4, 0.5) is 0 Å². The summed E-state index contributed by atoms with van der Waals surface area (Å²) in [5.74, 6) is -2.88. The number of methoxy groups -OCH3 is 1. The number of aromatic hydroxyl groups is 1. The van der Waals surface area contributed by atoms with Crippen LogP contribution in [0.1, 0.15) is 89.3 Å². The first-order valence-electron chi connectivity index (χ1n) is 24.6. The molecule has 75 heavy (non-hydrogen) atoms. The van der Waals surface area contributed by atoms with E-state index >= 15 is 0 Å². The smallest absolute Gasteiger partial charge is 0.324 e. The predicted molar refractivity (Wildman–Crippen MR) is 321 cm³/mol. The van der Waals surface area contributed by atoms with E-state index in [2.05, 4.69) is 65.8 Å². The van der Waals surface area contributed by atoms with Crippen LogP contribution in [0.5, 0.6) is 5.75 Å². The van der Waals surface area contributed by atoms with Crippen molar-refractivity contribution in [2.45, 2.75) is 111 Å². The largest absolute Gasteiger partial charge is 0.508 e. The molecule has 16 nitrogen and oxygen atoms in total. The zero-order valence-electron chi connectivity index (χ0n) is 45.1. The van der Waals surface area contributed by atoms with Crippen molar-refractivity contribution in [2.24, 2.45) is 17.3 Å². The van der Waals surface area contributed by atoms with Crippen LogP contribution < -0.4 is 10.7 Å². The van der Waals surface area contributed by atoms with Crippen molar-refractivity contribution in [1.82, 2.24) is 40.0 Å². The summed E-state index contributed by atoms with van der Waals surface area (Å²) >= 11 is 0. The van der Waals surface area contributed by atoms with Gasteiger partial charge in [-0.1, -0.05) is 46.4 Å². The number of aryl methyl sites for hydroxylation is 1. The van der Waals surface area contributed by atoms with Gasteiger partial charge in [-0.05, 0) is 124 Å². The van der Waals surface area contributed by atoms with Crippen LogP contribution in [0.25, 0.3) is 33.3 Å². The third-order valence-corrected chi connectivity index (χ3v) is 14.0. The van der Waals surface area contributed by atoms with E-state index < -0.39 is 47.2 Å². The molecule has 2 saturated heterocycles. The van der Waals surface area contributed by atoms with Gasteiger partial charge in [0.2, 0.25) is 17.7 Å². The number of esters is 1.